The van der Waals surface area contributed by atoms with Crippen molar-refractivity contribution in [2.24, 2.45) is 0 Å². The van der Waals surface area contributed by atoms with Crippen molar-refractivity contribution in [2.75, 3.05) is 31.1 Å². The average molecular weight is 221 g/mol. The maximum atomic E-state index is 5.60. The van der Waals surface area contributed by atoms with Crippen LogP contribution in [0.25, 0.3) is 0 Å². The average Bonchev–Trinajstić information content (AvgIpc) is 2.30. The highest BCUT2D eigenvalue weighted by molar-refractivity contribution is 5.52. The molecule has 2 heterocycles. The van der Waals surface area contributed by atoms with Crippen LogP contribution in [-0.4, -0.2) is 37.3 Å². The van der Waals surface area contributed by atoms with Gasteiger partial charge in [0.25, 0.3) is 0 Å². The first-order valence-electron chi connectivity index (χ1n) is 5.87. The Morgan fingerprint density at radius 2 is 2.50 bits per heavy atom. The van der Waals surface area contributed by atoms with E-state index in [1.807, 2.05) is 25.3 Å². The Morgan fingerprint density at radius 3 is 3.25 bits per heavy atom. The van der Waals surface area contributed by atoms with E-state index in [4.69, 9.17) is 4.74 Å². The number of rotatable bonds is 3. The van der Waals surface area contributed by atoms with Gasteiger partial charge in [0.15, 0.2) is 11.6 Å². The van der Waals surface area contributed by atoms with E-state index in [1.54, 1.807) is 0 Å². The summed E-state index contributed by atoms with van der Waals surface area (Å²) in [5.41, 5.74) is 0. The van der Waals surface area contributed by atoms with Gasteiger partial charge < -0.3 is 15.0 Å². The Labute approximate surface area is 96.6 Å². The van der Waals surface area contributed by atoms with Crippen LogP contribution in [0.1, 0.15) is 13.8 Å². The third-order valence-corrected chi connectivity index (χ3v) is 2.72. The van der Waals surface area contributed by atoms with Crippen molar-refractivity contribution in [2.45, 2.75) is 19.9 Å². The number of piperazine rings is 1. The molecule has 0 aromatic carbocycles. The van der Waals surface area contributed by atoms with E-state index < -0.39 is 0 Å². The Hall–Kier alpha value is -1.29. The molecular weight excluding hydrogens is 202 g/mol. The standard InChI is InChI=1S/C12H19N3O/c1-3-16-11-5-4-6-14-12(11)15-8-7-13-10(2)9-15/h4-6,10,13H,3,7-9H2,1-2H3/t10-/m1/s1. The van der Waals surface area contributed by atoms with Gasteiger partial charge in [-0.1, -0.05) is 0 Å². The van der Waals surface area contributed by atoms with E-state index in [0.29, 0.717) is 12.6 Å². The molecule has 0 spiro atoms. The topological polar surface area (TPSA) is 37.4 Å². The molecule has 0 aliphatic carbocycles. The normalized spacial score (nSPS) is 20.9. The molecular formula is C12H19N3O. The third kappa shape index (κ3) is 2.44. The van der Waals surface area contributed by atoms with Crippen LogP contribution < -0.4 is 15.0 Å². The quantitative estimate of drug-likeness (QED) is 0.834. The van der Waals surface area contributed by atoms with Gasteiger partial charge in [-0.05, 0) is 26.0 Å². The van der Waals surface area contributed by atoms with Crippen molar-refractivity contribution in [3.8, 4) is 5.75 Å². The highest BCUT2D eigenvalue weighted by atomic mass is 16.5. The summed E-state index contributed by atoms with van der Waals surface area (Å²) >= 11 is 0. The molecule has 1 N–H and O–H groups in total. The zero-order chi connectivity index (χ0) is 11.4. The number of nitrogens with zero attached hydrogens (tertiary/aromatic N) is 2. The molecule has 1 aromatic rings. The summed E-state index contributed by atoms with van der Waals surface area (Å²) < 4.78 is 5.60. The van der Waals surface area contributed by atoms with Crippen molar-refractivity contribution in [1.29, 1.82) is 0 Å². The molecule has 0 saturated carbocycles. The second kappa shape index (κ2) is 5.16. The lowest BCUT2D eigenvalue weighted by Gasteiger charge is -2.33. The number of aromatic nitrogens is 1. The Bertz CT molecular complexity index is 343. The first-order chi connectivity index (χ1) is 7.81. The van der Waals surface area contributed by atoms with E-state index in [2.05, 4.69) is 22.1 Å². The van der Waals surface area contributed by atoms with Crippen LogP contribution in [0.4, 0.5) is 5.82 Å². The SMILES string of the molecule is CCOc1cccnc1N1CCN[C@H](C)C1. The first kappa shape index (κ1) is 11.2. The molecule has 2 rings (SSSR count). The predicted molar refractivity (Wildman–Crippen MR) is 65.1 cm³/mol. The van der Waals surface area contributed by atoms with Gasteiger partial charge in [-0.15, -0.1) is 0 Å². The fourth-order valence-electron chi connectivity index (χ4n) is 2.01. The van der Waals surface area contributed by atoms with Gasteiger partial charge in [-0.2, -0.15) is 0 Å². The van der Waals surface area contributed by atoms with E-state index in [-0.39, 0.29) is 0 Å². The van der Waals surface area contributed by atoms with E-state index in [9.17, 15) is 0 Å². The number of nitrogens with one attached hydrogen (secondary N) is 1. The number of anilines is 1. The van der Waals surface area contributed by atoms with Crippen LogP contribution >= 0.6 is 0 Å². The maximum Gasteiger partial charge on any atom is 0.171 e. The van der Waals surface area contributed by atoms with Gasteiger partial charge in [0.2, 0.25) is 0 Å². The summed E-state index contributed by atoms with van der Waals surface area (Å²) in [7, 11) is 0. The number of ether oxygens (including phenoxy) is 1. The minimum absolute atomic E-state index is 0.505. The second-order valence-electron chi connectivity index (χ2n) is 4.06. The highest BCUT2D eigenvalue weighted by Crippen LogP contribution is 2.25. The lowest BCUT2D eigenvalue weighted by atomic mass is 10.2. The van der Waals surface area contributed by atoms with Crippen LogP contribution in [0.2, 0.25) is 0 Å². The molecule has 0 amide bonds. The van der Waals surface area contributed by atoms with Crippen LogP contribution in [0, 0.1) is 0 Å². The fourth-order valence-corrected chi connectivity index (χ4v) is 2.01. The fraction of sp³-hybridized carbons (Fsp3) is 0.583. The zero-order valence-corrected chi connectivity index (χ0v) is 9.94. The Balaban J connectivity index is 2.17. The van der Waals surface area contributed by atoms with Crippen LogP contribution in [0.15, 0.2) is 18.3 Å². The Kier molecular flexibility index (Phi) is 3.62. The van der Waals surface area contributed by atoms with Crippen molar-refractivity contribution in [3.63, 3.8) is 0 Å². The molecule has 4 nitrogen and oxygen atoms in total. The minimum Gasteiger partial charge on any atom is -0.490 e. The van der Waals surface area contributed by atoms with Crippen LogP contribution in [-0.2, 0) is 0 Å². The number of hydrogen-bond acceptors (Lipinski definition) is 4. The van der Waals surface area contributed by atoms with Gasteiger partial charge in [0.1, 0.15) is 0 Å². The van der Waals surface area contributed by atoms with Crippen molar-refractivity contribution in [3.05, 3.63) is 18.3 Å². The largest absolute Gasteiger partial charge is 0.490 e. The summed E-state index contributed by atoms with van der Waals surface area (Å²) in [6, 6.07) is 4.41. The van der Waals surface area contributed by atoms with E-state index in [1.165, 1.54) is 0 Å². The summed E-state index contributed by atoms with van der Waals surface area (Å²) in [6.45, 7) is 7.84. The molecule has 0 radical (unpaired) electrons. The highest BCUT2D eigenvalue weighted by Gasteiger charge is 2.19. The first-order valence-corrected chi connectivity index (χ1v) is 5.87. The Morgan fingerprint density at radius 1 is 1.62 bits per heavy atom. The summed E-state index contributed by atoms with van der Waals surface area (Å²) in [5.74, 6) is 1.86. The minimum atomic E-state index is 0.505. The van der Waals surface area contributed by atoms with Gasteiger partial charge in [-0.3, -0.25) is 0 Å². The zero-order valence-electron chi connectivity index (χ0n) is 9.94. The lowest BCUT2D eigenvalue weighted by molar-refractivity contribution is 0.337. The number of pyridine rings is 1. The molecule has 16 heavy (non-hydrogen) atoms. The van der Waals surface area contributed by atoms with Gasteiger partial charge in [-0.25, -0.2) is 4.98 Å². The predicted octanol–water partition coefficient (Wildman–Crippen LogP) is 1.28. The molecule has 1 aliphatic heterocycles. The molecule has 1 saturated heterocycles. The van der Waals surface area contributed by atoms with Crippen LogP contribution in [0.3, 0.4) is 0 Å². The second-order valence-corrected chi connectivity index (χ2v) is 4.06. The molecule has 1 fully saturated rings. The van der Waals surface area contributed by atoms with Crippen LogP contribution in [0.5, 0.6) is 5.75 Å². The maximum absolute atomic E-state index is 5.60. The lowest BCUT2D eigenvalue weighted by Crippen LogP contribution is -2.49. The molecule has 1 aromatic heterocycles. The van der Waals surface area contributed by atoms with E-state index in [0.717, 1.165) is 31.2 Å². The summed E-state index contributed by atoms with van der Waals surface area (Å²) in [6.07, 6.45) is 1.82. The van der Waals surface area contributed by atoms with E-state index >= 15 is 0 Å². The smallest absolute Gasteiger partial charge is 0.171 e. The molecule has 1 aliphatic rings. The molecule has 0 bridgehead atoms. The molecule has 1 atom stereocenters. The molecule has 4 heteroatoms. The van der Waals surface area contributed by atoms with Crippen molar-refractivity contribution < 1.29 is 4.74 Å². The van der Waals surface area contributed by atoms with Gasteiger partial charge in [0.05, 0.1) is 6.61 Å². The molecule has 0 unspecified atom stereocenters. The monoisotopic (exact) mass is 221 g/mol. The van der Waals surface area contributed by atoms with Gasteiger partial charge >= 0.3 is 0 Å². The summed E-state index contributed by atoms with van der Waals surface area (Å²) in [5, 5.41) is 3.42. The van der Waals surface area contributed by atoms with Gasteiger partial charge in [0, 0.05) is 31.9 Å². The van der Waals surface area contributed by atoms with Crippen molar-refractivity contribution >= 4 is 5.82 Å². The van der Waals surface area contributed by atoms with Crippen molar-refractivity contribution in [1.82, 2.24) is 10.3 Å². The third-order valence-electron chi connectivity index (χ3n) is 2.72. The molecule has 88 valence electrons. The summed E-state index contributed by atoms with van der Waals surface area (Å²) in [4.78, 5) is 6.71. The number of hydrogen-bond donors (Lipinski definition) is 1.